The maximum Gasteiger partial charge on any atom is 0.264 e. The Bertz CT molecular complexity index is 1800. The first kappa shape index (κ1) is 35.7. The average molecular weight is 727 g/mol. The van der Waals surface area contributed by atoms with E-state index >= 15 is 0 Å². The Kier molecular flexibility index (Phi) is 12.1. The fourth-order valence-electron chi connectivity index (χ4n) is 5.93. The van der Waals surface area contributed by atoms with Gasteiger partial charge in [0, 0.05) is 34.1 Å². The van der Waals surface area contributed by atoms with Crippen molar-refractivity contribution in [3.8, 4) is 0 Å². The molecule has 0 bridgehead atoms. The predicted octanol–water partition coefficient (Wildman–Crippen LogP) is 8.24. The number of hydrogen-bond donors (Lipinski definition) is 1. The van der Waals surface area contributed by atoms with Crippen LogP contribution < -0.4 is 9.62 Å². The van der Waals surface area contributed by atoms with E-state index in [-0.39, 0.29) is 45.5 Å². The molecule has 252 valence electrons. The van der Waals surface area contributed by atoms with Crippen molar-refractivity contribution in [1.82, 2.24) is 10.2 Å². The number of benzene rings is 4. The third-order valence-corrected chi connectivity index (χ3v) is 11.0. The molecule has 0 radical (unpaired) electrons. The van der Waals surface area contributed by atoms with Gasteiger partial charge in [-0.15, -0.1) is 0 Å². The summed E-state index contributed by atoms with van der Waals surface area (Å²) in [4.78, 5) is 30.4. The topological polar surface area (TPSA) is 86.8 Å². The fraction of sp³-hybridized carbons (Fsp3) is 0.297. The molecule has 0 unspecified atom stereocenters. The normalized spacial score (nSPS) is 14.2. The molecule has 0 aromatic heterocycles. The van der Waals surface area contributed by atoms with Gasteiger partial charge in [0.15, 0.2) is 0 Å². The van der Waals surface area contributed by atoms with E-state index in [2.05, 4.69) is 5.32 Å². The van der Waals surface area contributed by atoms with E-state index in [0.29, 0.717) is 5.02 Å². The number of nitrogens with zero attached hydrogens (tertiary/aromatic N) is 2. The molecule has 1 aliphatic carbocycles. The Morgan fingerprint density at radius 1 is 0.792 bits per heavy atom. The van der Waals surface area contributed by atoms with Crippen molar-refractivity contribution < 1.29 is 18.0 Å². The van der Waals surface area contributed by atoms with Crippen LogP contribution in [0.2, 0.25) is 15.1 Å². The molecule has 4 aromatic carbocycles. The highest BCUT2D eigenvalue weighted by Crippen LogP contribution is 2.31. The minimum Gasteiger partial charge on any atom is -0.352 e. The van der Waals surface area contributed by atoms with Crippen LogP contribution in [0.25, 0.3) is 0 Å². The molecule has 7 nitrogen and oxygen atoms in total. The van der Waals surface area contributed by atoms with Crippen LogP contribution in [0.3, 0.4) is 0 Å². The SMILES string of the molecule is Cc1ccc(S(=O)(=O)N(CC(=O)N(Cc2ccc(Cl)cc2)[C@H](Cc2ccccc2)C(=O)NC2CCCCC2)c2cc(Cl)cc(Cl)c2)cc1. The van der Waals surface area contributed by atoms with Gasteiger partial charge in [-0.25, -0.2) is 8.42 Å². The highest BCUT2D eigenvalue weighted by molar-refractivity contribution is 7.92. The van der Waals surface area contributed by atoms with Crippen LogP contribution >= 0.6 is 34.8 Å². The maximum absolute atomic E-state index is 14.7. The average Bonchev–Trinajstić information content (AvgIpc) is 3.06. The van der Waals surface area contributed by atoms with Crippen LogP contribution in [0.1, 0.15) is 48.8 Å². The van der Waals surface area contributed by atoms with Gasteiger partial charge in [0.1, 0.15) is 12.6 Å². The number of aryl methyl sites for hydroxylation is 1. The van der Waals surface area contributed by atoms with Crippen molar-refractivity contribution >= 4 is 62.3 Å². The third kappa shape index (κ3) is 9.32. The number of hydrogen-bond acceptors (Lipinski definition) is 4. The van der Waals surface area contributed by atoms with Crippen molar-refractivity contribution in [3.63, 3.8) is 0 Å². The third-order valence-electron chi connectivity index (χ3n) is 8.51. The second-order valence-corrected chi connectivity index (χ2v) is 15.3. The number of rotatable bonds is 12. The van der Waals surface area contributed by atoms with Gasteiger partial charge < -0.3 is 10.2 Å². The minimum absolute atomic E-state index is 0.00266. The molecule has 0 saturated heterocycles. The molecule has 0 spiro atoms. The standard InChI is InChI=1S/C37H38Cl3N3O4S/c1-26-12-18-34(19-13-26)48(46,47)43(33-22-30(39)21-31(40)23-33)25-36(44)42(24-28-14-16-29(38)17-15-28)35(20-27-8-4-2-5-9-27)37(45)41-32-10-6-3-7-11-32/h2,4-5,8-9,12-19,21-23,32,35H,3,6-7,10-11,20,24-25H2,1H3,(H,41,45)/t35-/m1/s1. The first-order valence-electron chi connectivity index (χ1n) is 15.9. The Morgan fingerprint density at radius 2 is 1.42 bits per heavy atom. The lowest BCUT2D eigenvalue weighted by Crippen LogP contribution is -2.55. The molecule has 48 heavy (non-hydrogen) atoms. The van der Waals surface area contributed by atoms with E-state index in [4.69, 9.17) is 34.8 Å². The van der Waals surface area contributed by atoms with Crippen molar-refractivity contribution in [2.75, 3.05) is 10.8 Å². The van der Waals surface area contributed by atoms with E-state index in [1.54, 1.807) is 36.4 Å². The van der Waals surface area contributed by atoms with Gasteiger partial charge in [0.25, 0.3) is 10.0 Å². The summed E-state index contributed by atoms with van der Waals surface area (Å²) in [6.07, 6.45) is 5.14. The lowest BCUT2D eigenvalue weighted by Gasteiger charge is -2.35. The number of sulfonamides is 1. The van der Waals surface area contributed by atoms with E-state index in [0.717, 1.165) is 53.1 Å². The smallest absolute Gasteiger partial charge is 0.264 e. The zero-order chi connectivity index (χ0) is 34.3. The summed E-state index contributed by atoms with van der Waals surface area (Å²) in [5.74, 6) is -0.858. The van der Waals surface area contributed by atoms with Crippen LogP contribution in [-0.2, 0) is 32.6 Å². The highest BCUT2D eigenvalue weighted by atomic mass is 35.5. The van der Waals surface area contributed by atoms with Gasteiger partial charge in [0.05, 0.1) is 10.6 Å². The summed E-state index contributed by atoms with van der Waals surface area (Å²) in [7, 11) is -4.29. The van der Waals surface area contributed by atoms with E-state index in [1.165, 1.54) is 35.2 Å². The molecule has 0 aliphatic heterocycles. The van der Waals surface area contributed by atoms with Gasteiger partial charge in [-0.1, -0.05) is 114 Å². The Labute approximate surface area is 297 Å². The van der Waals surface area contributed by atoms with Crippen molar-refractivity contribution in [1.29, 1.82) is 0 Å². The lowest BCUT2D eigenvalue weighted by molar-refractivity contribution is -0.140. The van der Waals surface area contributed by atoms with E-state index in [9.17, 15) is 18.0 Å². The molecule has 11 heteroatoms. The summed E-state index contributed by atoms with van der Waals surface area (Å²) in [6, 6.07) is 26.3. The number of carbonyl (C=O) groups excluding carboxylic acids is 2. The summed E-state index contributed by atoms with van der Waals surface area (Å²) in [5.41, 5.74) is 2.60. The van der Waals surface area contributed by atoms with Gasteiger partial charge in [0.2, 0.25) is 11.8 Å². The van der Waals surface area contributed by atoms with Crippen LogP contribution in [0, 0.1) is 6.92 Å². The molecule has 1 N–H and O–H groups in total. The molecule has 4 aromatic rings. The molecule has 1 fully saturated rings. The molecule has 1 atom stereocenters. The van der Waals surface area contributed by atoms with Crippen LogP contribution in [-0.4, -0.2) is 43.8 Å². The van der Waals surface area contributed by atoms with Gasteiger partial charge in [-0.3, -0.25) is 13.9 Å². The molecule has 1 aliphatic rings. The van der Waals surface area contributed by atoms with Crippen LogP contribution in [0.15, 0.2) is 102 Å². The number of anilines is 1. The summed E-state index contributed by atoms with van der Waals surface area (Å²) in [6.45, 7) is 1.29. The zero-order valence-electron chi connectivity index (χ0n) is 26.6. The van der Waals surface area contributed by atoms with Gasteiger partial charge in [-0.05, 0) is 73.4 Å². The first-order chi connectivity index (χ1) is 23.0. The summed E-state index contributed by atoms with van der Waals surface area (Å²) in [5, 5.41) is 4.16. The van der Waals surface area contributed by atoms with Crippen LogP contribution in [0.5, 0.6) is 0 Å². The molecule has 2 amide bonds. The summed E-state index contributed by atoms with van der Waals surface area (Å²) >= 11 is 18.9. The number of carbonyl (C=O) groups is 2. The Hall–Kier alpha value is -3.56. The molecule has 0 heterocycles. The Balaban J connectivity index is 1.58. The van der Waals surface area contributed by atoms with E-state index < -0.39 is 28.5 Å². The predicted molar refractivity (Wildman–Crippen MR) is 193 cm³/mol. The highest BCUT2D eigenvalue weighted by Gasteiger charge is 2.35. The maximum atomic E-state index is 14.7. The molecule has 5 rings (SSSR count). The molecular formula is C37H38Cl3N3O4S. The van der Waals surface area contributed by atoms with Crippen molar-refractivity contribution in [3.05, 3.63) is 129 Å². The minimum atomic E-state index is -4.29. The zero-order valence-corrected chi connectivity index (χ0v) is 29.7. The van der Waals surface area contributed by atoms with Crippen molar-refractivity contribution in [2.45, 2.75) is 69.0 Å². The second kappa shape index (κ2) is 16.2. The monoisotopic (exact) mass is 725 g/mol. The fourth-order valence-corrected chi connectivity index (χ4v) is 7.97. The van der Waals surface area contributed by atoms with Crippen molar-refractivity contribution in [2.24, 2.45) is 0 Å². The number of halogens is 3. The van der Waals surface area contributed by atoms with Gasteiger partial charge in [-0.2, -0.15) is 0 Å². The lowest BCUT2D eigenvalue weighted by atomic mass is 9.94. The van der Waals surface area contributed by atoms with Gasteiger partial charge >= 0.3 is 0 Å². The largest absolute Gasteiger partial charge is 0.352 e. The van der Waals surface area contributed by atoms with Crippen LogP contribution in [0.4, 0.5) is 5.69 Å². The molecular weight excluding hydrogens is 689 g/mol. The number of nitrogens with one attached hydrogen (secondary N) is 1. The number of amides is 2. The first-order valence-corrected chi connectivity index (χ1v) is 18.5. The van der Waals surface area contributed by atoms with E-state index in [1.807, 2.05) is 37.3 Å². The quantitative estimate of drug-likeness (QED) is 0.159. The Morgan fingerprint density at radius 3 is 2.04 bits per heavy atom. The summed E-state index contributed by atoms with van der Waals surface area (Å²) < 4.78 is 29.5. The molecule has 1 saturated carbocycles. The second-order valence-electron chi connectivity index (χ2n) is 12.1.